The first-order valence-corrected chi connectivity index (χ1v) is 6.60. The molecule has 5 heteroatoms. The molecule has 1 aliphatic carbocycles. The van der Waals surface area contributed by atoms with Crippen LogP contribution < -0.4 is 10.1 Å². The molecule has 0 heterocycles. The topological polar surface area (TPSA) is 47.6 Å². The lowest BCUT2D eigenvalue weighted by Crippen LogP contribution is -2.47. The predicted molar refractivity (Wildman–Crippen MR) is 72.0 cm³/mol. The molecule has 1 N–H and O–H groups in total. The fourth-order valence-electron chi connectivity index (χ4n) is 1.94. The highest BCUT2D eigenvalue weighted by Gasteiger charge is 2.30. The number of amides is 1. The highest BCUT2D eigenvalue weighted by molar-refractivity contribution is 9.10. The Balaban J connectivity index is 2.00. The Morgan fingerprint density at radius 2 is 2.11 bits per heavy atom. The zero-order chi connectivity index (χ0) is 13.1. The molecule has 0 atom stereocenters. The number of halogens is 1. The minimum Gasteiger partial charge on any atom is -0.497 e. The van der Waals surface area contributed by atoms with E-state index >= 15 is 0 Å². The highest BCUT2D eigenvalue weighted by atomic mass is 79.9. The summed E-state index contributed by atoms with van der Waals surface area (Å²) in [6, 6.07) is 5.56. The summed E-state index contributed by atoms with van der Waals surface area (Å²) in [6.07, 6.45) is 2.04. The lowest BCUT2D eigenvalue weighted by atomic mass is 9.89. The predicted octanol–water partition coefficient (Wildman–Crippen LogP) is 2.36. The summed E-state index contributed by atoms with van der Waals surface area (Å²) in [5.41, 5.74) is 0.593. The van der Waals surface area contributed by atoms with Crippen LogP contribution in [-0.2, 0) is 4.74 Å². The van der Waals surface area contributed by atoms with Gasteiger partial charge < -0.3 is 14.8 Å². The molecule has 1 aromatic carbocycles. The number of methoxy groups -OCH3 is 2. The van der Waals surface area contributed by atoms with Gasteiger partial charge in [0.15, 0.2) is 0 Å². The lowest BCUT2D eigenvalue weighted by molar-refractivity contribution is 0.0176. The molecule has 1 fully saturated rings. The first-order chi connectivity index (χ1) is 8.63. The van der Waals surface area contributed by atoms with Crippen LogP contribution in [0.1, 0.15) is 23.2 Å². The number of nitrogens with one attached hydrogen (secondary N) is 1. The smallest absolute Gasteiger partial charge is 0.252 e. The Hall–Kier alpha value is -1.07. The van der Waals surface area contributed by atoms with Crippen molar-refractivity contribution >= 4 is 21.8 Å². The average molecular weight is 314 g/mol. The van der Waals surface area contributed by atoms with Gasteiger partial charge in [0.05, 0.1) is 18.8 Å². The summed E-state index contributed by atoms with van der Waals surface area (Å²) in [5, 5.41) is 2.98. The summed E-state index contributed by atoms with van der Waals surface area (Å²) in [7, 11) is 3.28. The molecule has 0 radical (unpaired) electrons. The van der Waals surface area contributed by atoms with Crippen molar-refractivity contribution in [1.82, 2.24) is 5.32 Å². The van der Waals surface area contributed by atoms with E-state index in [2.05, 4.69) is 21.2 Å². The maximum atomic E-state index is 12.1. The summed E-state index contributed by atoms with van der Waals surface area (Å²) < 4.78 is 11.1. The third-order valence-electron chi connectivity index (χ3n) is 3.18. The van der Waals surface area contributed by atoms with Crippen molar-refractivity contribution in [3.05, 3.63) is 28.2 Å². The van der Waals surface area contributed by atoms with E-state index in [1.54, 1.807) is 20.3 Å². The molecule has 18 heavy (non-hydrogen) atoms. The van der Waals surface area contributed by atoms with E-state index in [4.69, 9.17) is 9.47 Å². The van der Waals surface area contributed by atoms with Crippen molar-refractivity contribution in [2.45, 2.75) is 25.0 Å². The summed E-state index contributed by atoms with van der Waals surface area (Å²) in [4.78, 5) is 12.1. The van der Waals surface area contributed by atoms with Gasteiger partial charge >= 0.3 is 0 Å². The van der Waals surface area contributed by atoms with Crippen LogP contribution in [-0.4, -0.2) is 32.3 Å². The summed E-state index contributed by atoms with van der Waals surface area (Å²) >= 11 is 3.37. The van der Waals surface area contributed by atoms with Gasteiger partial charge in [-0.2, -0.15) is 0 Å². The van der Waals surface area contributed by atoms with Gasteiger partial charge in [0.1, 0.15) is 5.75 Å². The monoisotopic (exact) mass is 313 g/mol. The Morgan fingerprint density at radius 1 is 1.39 bits per heavy atom. The standard InChI is InChI=1S/C13H16BrNO3/c1-17-9-3-4-12(14)11(7-9)13(16)15-8-5-10(6-8)18-2/h3-4,7-8,10H,5-6H2,1-2H3,(H,15,16). The molecule has 0 bridgehead atoms. The second-order valence-corrected chi connectivity index (χ2v) is 5.20. The van der Waals surface area contributed by atoms with Crippen LogP contribution in [0.15, 0.2) is 22.7 Å². The fourth-order valence-corrected chi connectivity index (χ4v) is 2.37. The highest BCUT2D eigenvalue weighted by Crippen LogP contribution is 2.25. The second kappa shape index (κ2) is 5.71. The van der Waals surface area contributed by atoms with Crippen LogP contribution in [0, 0.1) is 0 Å². The van der Waals surface area contributed by atoms with Crippen molar-refractivity contribution < 1.29 is 14.3 Å². The number of rotatable bonds is 4. The van der Waals surface area contributed by atoms with Crippen molar-refractivity contribution in [2.75, 3.05) is 14.2 Å². The number of carbonyl (C=O) groups excluding carboxylic acids is 1. The number of benzene rings is 1. The van der Waals surface area contributed by atoms with Gasteiger partial charge in [-0.25, -0.2) is 0 Å². The minimum atomic E-state index is -0.0830. The zero-order valence-corrected chi connectivity index (χ0v) is 12.0. The Bertz CT molecular complexity index is 444. The van der Waals surface area contributed by atoms with E-state index in [0.29, 0.717) is 11.3 Å². The number of ether oxygens (including phenoxy) is 2. The number of hydrogen-bond donors (Lipinski definition) is 1. The third kappa shape index (κ3) is 2.84. The molecule has 0 saturated heterocycles. The van der Waals surface area contributed by atoms with E-state index in [1.165, 1.54) is 0 Å². The molecular formula is C13H16BrNO3. The minimum absolute atomic E-state index is 0.0830. The van der Waals surface area contributed by atoms with Crippen LogP contribution in [0.25, 0.3) is 0 Å². The molecule has 0 aromatic heterocycles. The summed E-state index contributed by atoms with van der Waals surface area (Å²) in [6.45, 7) is 0. The molecule has 0 spiro atoms. The quantitative estimate of drug-likeness (QED) is 0.928. The molecular weight excluding hydrogens is 298 g/mol. The normalized spacial score (nSPS) is 22.2. The first-order valence-electron chi connectivity index (χ1n) is 5.81. The maximum absolute atomic E-state index is 12.1. The number of carbonyl (C=O) groups is 1. The van der Waals surface area contributed by atoms with Crippen LogP contribution >= 0.6 is 15.9 Å². The lowest BCUT2D eigenvalue weighted by Gasteiger charge is -2.34. The second-order valence-electron chi connectivity index (χ2n) is 4.35. The van der Waals surface area contributed by atoms with Crippen molar-refractivity contribution in [3.8, 4) is 5.75 Å². The van der Waals surface area contributed by atoms with Crippen LogP contribution in [0.4, 0.5) is 0 Å². The Kier molecular flexibility index (Phi) is 4.24. The zero-order valence-electron chi connectivity index (χ0n) is 10.4. The van der Waals surface area contributed by atoms with Crippen molar-refractivity contribution in [1.29, 1.82) is 0 Å². The average Bonchev–Trinajstić information content (AvgIpc) is 2.33. The molecule has 1 aliphatic rings. The van der Waals surface area contributed by atoms with E-state index in [9.17, 15) is 4.79 Å². The van der Waals surface area contributed by atoms with Gasteiger partial charge in [-0.15, -0.1) is 0 Å². The largest absolute Gasteiger partial charge is 0.497 e. The SMILES string of the molecule is COc1ccc(Br)c(C(=O)NC2CC(OC)C2)c1. The first kappa shape index (κ1) is 13.4. The van der Waals surface area contributed by atoms with E-state index < -0.39 is 0 Å². The molecule has 98 valence electrons. The Labute approximate surface area is 115 Å². The third-order valence-corrected chi connectivity index (χ3v) is 3.87. The molecule has 4 nitrogen and oxygen atoms in total. The van der Waals surface area contributed by atoms with Gasteiger partial charge in [0, 0.05) is 17.6 Å². The van der Waals surface area contributed by atoms with Crippen molar-refractivity contribution in [2.24, 2.45) is 0 Å². The van der Waals surface area contributed by atoms with Crippen molar-refractivity contribution in [3.63, 3.8) is 0 Å². The van der Waals surface area contributed by atoms with Gasteiger partial charge in [0.2, 0.25) is 0 Å². The molecule has 2 rings (SSSR count). The van der Waals surface area contributed by atoms with E-state index in [-0.39, 0.29) is 18.1 Å². The van der Waals surface area contributed by atoms with E-state index in [0.717, 1.165) is 17.3 Å². The Morgan fingerprint density at radius 3 is 2.72 bits per heavy atom. The van der Waals surface area contributed by atoms with E-state index in [1.807, 2.05) is 12.1 Å². The molecule has 1 aromatic rings. The number of hydrogen-bond acceptors (Lipinski definition) is 3. The van der Waals surface area contributed by atoms with Crippen LogP contribution in [0.3, 0.4) is 0 Å². The van der Waals surface area contributed by atoms with Gasteiger partial charge in [0.25, 0.3) is 5.91 Å². The van der Waals surface area contributed by atoms with Crippen LogP contribution in [0.2, 0.25) is 0 Å². The summed E-state index contributed by atoms with van der Waals surface area (Å²) in [5.74, 6) is 0.590. The fraction of sp³-hybridized carbons (Fsp3) is 0.462. The van der Waals surface area contributed by atoms with Gasteiger partial charge in [-0.05, 0) is 47.0 Å². The molecule has 1 saturated carbocycles. The van der Waals surface area contributed by atoms with Crippen LogP contribution in [0.5, 0.6) is 5.75 Å². The van der Waals surface area contributed by atoms with Gasteiger partial charge in [-0.1, -0.05) is 0 Å². The molecule has 0 unspecified atom stereocenters. The molecule has 1 amide bonds. The van der Waals surface area contributed by atoms with Gasteiger partial charge in [-0.3, -0.25) is 4.79 Å². The maximum Gasteiger partial charge on any atom is 0.252 e. The molecule has 0 aliphatic heterocycles.